The van der Waals surface area contributed by atoms with Gasteiger partial charge < -0.3 is 55.5 Å². The maximum absolute atomic E-state index is 11.6. The Labute approximate surface area is 139 Å². The van der Waals surface area contributed by atoms with Crippen molar-refractivity contribution >= 4 is 18.2 Å². The molecule has 0 saturated heterocycles. The van der Waals surface area contributed by atoms with Gasteiger partial charge in [-0.3, -0.25) is 0 Å². The van der Waals surface area contributed by atoms with Crippen LogP contribution in [0.2, 0.25) is 0 Å². The minimum atomic E-state index is -2.63. The summed E-state index contributed by atoms with van der Waals surface area (Å²) in [5.41, 5.74) is 0. The molecule has 0 aromatic carbocycles. The zero-order valence-corrected chi connectivity index (χ0v) is 12.6. The van der Waals surface area contributed by atoms with Gasteiger partial charge in [0.1, 0.15) is 36.6 Å². The summed E-state index contributed by atoms with van der Waals surface area (Å²) in [5.74, 6) is -3.90. The molecule has 146 valence electrons. The fourth-order valence-electron chi connectivity index (χ4n) is 1.58. The predicted molar refractivity (Wildman–Crippen MR) is 72.7 cm³/mol. The molecule has 0 aliphatic carbocycles. The maximum Gasteiger partial charge on any atom is 0.347 e. The SMILES string of the molecule is O=C[C@H](O)[C@@H](O)[C@@H](O)[C@H](O)C(=O)O[C@@H](C(=O)O)[C@@H](O)[C@H](O)[C@H](O)CO. The summed E-state index contributed by atoms with van der Waals surface area (Å²) in [6, 6.07) is 0. The Bertz CT molecular complexity index is 454. The summed E-state index contributed by atoms with van der Waals surface area (Å²) in [7, 11) is 0. The van der Waals surface area contributed by atoms with Crippen LogP contribution in [0.15, 0.2) is 0 Å². The maximum atomic E-state index is 11.6. The minimum Gasteiger partial charge on any atom is -0.478 e. The first-order valence-electron chi connectivity index (χ1n) is 6.75. The Morgan fingerprint density at radius 3 is 1.80 bits per heavy atom. The molecule has 0 heterocycles. The van der Waals surface area contributed by atoms with Gasteiger partial charge in [-0.2, -0.15) is 0 Å². The number of carbonyl (C=O) groups excluding carboxylic acids is 2. The molecular weight excluding hydrogens is 352 g/mol. The summed E-state index contributed by atoms with van der Waals surface area (Å²) >= 11 is 0. The van der Waals surface area contributed by atoms with E-state index in [0.717, 1.165) is 0 Å². The van der Waals surface area contributed by atoms with Crippen molar-refractivity contribution in [3.63, 3.8) is 0 Å². The highest BCUT2D eigenvalue weighted by Crippen LogP contribution is 2.12. The van der Waals surface area contributed by atoms with Gasteiger partial charge in [-0.1, -0.05) is 0 Å². The molecule has 0 aromatic rings. The quantitative estimate of drug-likeness (QED) is 0.121. The molecule has 0 amide bonds. The fraction of sp³-hybridized carbons (Fsp3) is 0.750. The van der Waals surface area contributed by atoms with E-state index in [-0.39, 0.29) is 6.29 Å². The number of aldehydes is 1. The van der Waals surface area contributed by atoms with E-state index in [2.05, 4.69) is 4.74 Å². The van der Waals surface area contributed by atoms with Crippen molar-refractivity contribution in [3.05, 3.63) is 0 Å². The average molecular weight is 372 g/mol. The van der Waals surface area contributed by atoms with Gasteiger partial charge >= 0.3 is 11.9 Å². The van der Waals surface area contributed by atoms with E-state index in [9.17, 15) is 39.9 Å². The smallest absolute Gasteiger partial charge is 0.347 e. The summed E-state index contributed by atoms with van der Waals surface area (Å²) < 4.78 is 4.20. The number of hydrogen-bond acceptors (Lipinski definition) is 12. The topological polar surface area (TPSA) is 243 Å². The van der Waals surface area contributed by atoms with Crippen LogP contribution in [0.3, 0.4) is 0 Å². The largest absolute Gasteiger partial charge is 0.478 e. The monoisotopic (exact) mass is 372 g/mol. The van der Waals surface area contributed by atoms with Crippen molar-refractivity contribution in [2.75, 3.05) is 6.61 Å². The first kappa shape index (κ1) is 23.3. The zero-order valence-electron chi connectivity index (χ0n) is 12.6. The van der Waals surface area contributed by atoms with Crippen LogP contribution in [-0.2, 0) is 19.1 Å². The van der Waals surface area contributed by atoms with Crippen molar-refractivity contribution in [2.24, 2.45) is 0 Å². The lowest BCUT2D eigenvalue weighted by Crippen LogP contribution is -2.53. The molecular formula is C12H20O13. The zero-order chi connectivity index (χ0) is 19.9. The molecule has 0 radical (unpaired) electrons. The van der Waals surface area contributed by atoms with Crippen LogP contribution in [0.1, 0.15) is 0 Å². The van der Waals surface area contributed by atoms with Crippen LogP contribution < -0.4 is 0 Å². The Morgan fingerprint density at radius 2 is 1.40 bits per heavy atom. The summed E-state index contributed by atoms with van der Waals surface area (Å²) in [5, 5.41) is 82.8. The Morgan fingerprint density at radius 1 is 0.880 bits per heavy atom. The Hall–Kier alpha value is -1.71. The molecule has 9 N–H and O–H groups in total. The molecule has 0 bridgehead atoms. The van der Waals surface area contributed by atoms with Gasteiger partial charge in [0, 0.05) is 0 Å². The Balaban J connectivity index is 5.11. The van der Waals surface area contributed by atoms with Gasteiger partial charge in [0.15, 0.2) is 12.4 Å². The standard InChI is InChI=1S/C12H20O13/c13-1-3(15)5(17)7(19)9(21)12(24)25-10(11(22)23)8(20)6(18)4(16)2-14/h1,3-10,14-21H,2H2,(H,22,23)/t3-,4+,5+,6+,7+,8-,9-,10+/m0/s1. The lowest BCUT2D eigenvalue weighted by molar-refractivity contribution is -0.194. The average Bonchev–Trinajstić information content (AvgIpc) is 2.60. The molecule has 0 unspecified atom stereocenters. The summed E-state index contributed by atoms with van der Waals surface area (Å²) in [4.78, 5) is 32.9. The van der Waals surface area contributed by atoms with Crippen molar-refractivity contribution in [1.29, 1.82) is 0 Å². The van der Waals surface area contributed by atoms with Gasteiger partial charge in [0.05, 0.1) is 6.61 Å². The van der Waals surface area contributed by atoms with Crippen LogP contribution in [0.25, 0.3) is 0 Å². The van der Waals surface area contributed by atoms with Crippen LogP contribution >= 0.6 is 0 Å². The van der Waals surface area contributed by atoms with Crippen molar-refractivity contribution in [2.45, 2.75) is 48.8 Å². The third-order valence-electron chi connectivity index (χ3n) is 3.13. The number of esters is 1. The van der Waals surface area contributed by atoms with E-state index in [1.165, 1.54) is 0 Å². The molecule has 0 rings (SSSR count). The molecule has 0 saturated carbocycles. The van der Waals surface area contributed by atoms with E-state index < -0.39 is 67.4 Å². The van der Waals surface area contributed by atoms with Crippen molar-refractivity contribution < 1.29 is 65.1 Å². The van der Waals surface area contributed by atoms with Crippen LogP contribution in [0, 0.1) is 0 Å². The fourth-order valence-corrected chi connectivity index (χ4v) is 1.58. The first-order valence-corrected chi connectivity index (χ1v) is 6.75. The molecule has 25 heavy (non-hydrogen) atoms. The highest BCUT2D eigenvalue weighted by molar-refractivity contribution is 5.81. The lowest BCUT2D eigenvalue weighted by Gasteiger charge is -2.28. The van der Waals surface area contributed by atoms with E-state index in [4.69, 9.17) is 20.4 Å². The Kier molecular flexibility index (Phi) is 9.61. The number of aliphatic hydroxyl groups is 8. The first-order chi connectivity index (χ1) is 11.5. The molecule has 0 aliphatic rings. The van der Waals surface area contributed by atoms with Crippen LogP contribution in [0.5, 0.6) is 0 Å². The normalized spacial score (nSPS) is 21.1. The number of carbonyl (C=O) groups is 3. The van der Waals surface area contributed by atoms with Gasteiger partial charge in [-0.15, -0.1) is 0 Å². The van der Waals surface area contributed by atoms with E-state index in [1.54, 1.807) is 0 Å². The molecule has 0 aromatic heterocycles. The number of ether oxygens (including phenoxy) is 1. The molecule has 13 heteroatoms. The minimum absolute atomic E-state index is 0.206. The third-order valence-corrected chi connectivity index (χ3v) is 3.13. The summed E-state index contributed by atoms with van der Waals surface area (Å²) in [6.45, 7) is -1.06. The van der Waals surface area contributed by atoms with E-state index >= 15 is 0 Å². The predicted octanol–water partition coefficient (Wildman–Crippen LogP) is -6.30. The number of aliphatic hydroxyl groups excluding tert-OH is 8. The lowest BCUT2D eigenvalue weighted by atomic mass is 10.0. The number of carboxylic acid groups (broad SMARTS) is 1. The van der Waals surface area contributed by atoms with Gasteiger partial charge in [0.25, 0.3) is 0 Å². The number of hydrogen-bond donors (Lipinski definition) is 9. The van der Waals surface area contributed by atoms with E-state index in [1.807, 2.05) is 0 Å². The van der Waals surface area contributed by atoms with Gasteiger partial charge in [-0.25, -0.2) is 9.59 Å². The molecule has 0 fully saturated rings. The second-order valence-electron chi connectivity index (χ2n) is 4.98. The molecule has 0 spiro atoms. The highest BCUT2D eigenvalue weighted by atomic mass is 16.6. The van der Waals surface area contributed by atoms with E-state index in [0.29, 0.717) is 0 Å². The van der Waals surface area contributed by atoms with Crippen LogP contribution in [-0.4, -0.2) is 120 Å². The van der Waals surface area contributed by atoms with Gasteiger partial charge in [-0.05, 0) is 0 Å². The molecule has 13 nitrogen and oxygen atoms in total. The number of carboxylic acids is 1. The number of aliphatic carboxylic acids is 1. The molecule has 8 atom stereocenters. The second-order valence-corrected chi connectivity index (χ2v) is 4.98. The van der Waals surface area contributed by atoms with Crippen molar-refractivity contribution in [1.82, 2.24) is 0 Å². The van der Waals surface area contributed by atoms with Crippen LogP contribution in [0.4, 0.5) is 0 Å². The second kappa shape index (κ2) is 10.3. The van der Waals surface area contributed by atoms with Gasteiger partial charge in [0.2, 0.25) is 6.10 Å². The summed E-state index contributed by atoms with van der Waals surface area (Å²) in [6.07, 6.45) is -18.9. The third kappa shape index (κ3) is 6.26. The highest BCUT2D eigenvalue weighted by Gasteiger charge is 2.42. The molecule has 0 aliphatic heterocycles. The number of rotatable bonds is 11. The van der Waals surface area contributed by atoms with Crippen molar-refractivity contribution in [3.8, 4) is 0 Å².